The molecule has 0 aromatic carbocycles. The van der Waals surface area contributed by atoms with Gasteiger partial charge in [-0.1, -0.05) is 6.42 Å². The minimum Gasteiger partial charge on any atom is -0.324 e. The van der Waals surface area contributed by atoms with E-state index in [-0.39, 0.29) is 17.9 Å². The summed E-state index contributed by atoms with van der Waals surface area (Å²) in [4.78, 5) is 17.0. The maximum atomic E-state index is 12.5. The smallest absolute Gasteiger partial charge is 0.227 e. The van der Waals surface area contributed by atoms with Crippen LogP contribution in [0.5, 0.6) is 0 Å². The van der Waals surface area contributed by atoms with E-state index in [9.17, 15) is 4.79 Å². The van der Waals surface area contributed by atoms with Gasteiger partial charge in [0.1, 0.15) is 0 Å². The van der Waals surface area contributed by atoms with E-state index in [0.29, 0.717) is 5.92 Å². The molecule has 0 radical (unpaired) electrons. The number of carbonyl (C=O) groups excluding carboxylic acids is 1. The van der Waals surface area contributed by atoms with Crippen LogP contribution in [-0.4, -0.2) is 20.7 Å². The van der Waals surface area contributed by atoms with E-state index in [1.54, 1.807) is 6.20 Å². The lowest BCUT2D eigenvalue weighted by Gasteiger charge is -2.20. The summed E-state index contributed by atoms with van der Waals surface area (Å²) in [5.74, 6) is 1.76. The van der Waals surface area contributed by atoms with Gasteiger partial charge < -0.3 is 5.32 Å². The van der Waals surface area contributed by atoms with Crippen molar-refractivity contribution in [2.75, 3.05) is 5.32 Å². The van der Waals surface area contributed by atoms with Crippen molar-refractivity contribution in [1.82, 2.24) is 14.8 Å². The van der Waals surface area contributed by atoms with Crippen LogP contribution in [0.2, 0.25) is 0 Å². The molecular weight excluding hydrogens is 276 g/mol. The van der Waals surface area contributed by atoms with Crippen LogP contribution in [0.3, 0.4) is 0 Å². The number of aromatic nitrogens is 3. The number of nitrogens with zero attached hydrogens (tertiary/aromatic N) is 3. The summed E-state index contributed by atoms with van der Waals surface area (Å²) in [6.07, 6.45) is 8.41. The van der Waals surface area contributed by atoms with E-state index in [4.69, 9.17) is 0 Å². The van der Waals surface area contributed by atoms with E-state index in [0.717, 1.165) is 29.1 Å². The van der Waals surface area contributed by atoms with Gasteiger partial charge in [-0.25, -0.2) is 9.67 Å². The van der Waals surface area contributed by atoms with Crippen molar-refractivity contribution in [2.45, 2.75) is 45.6 Å². The number of anilines is 1. The van der Waals surface area contributed by atoms with Crippen molar-refractivity contribution < 1.29 is 4.79 Å². The Morgan fingerprint density at radius 2 is 2.18 bits per heavy atom. The van der Waals surface area contributed by atoms with Gasteiger partial charge in [-0.2, -0.15) is 5.10 Å². The second kappa shape index (κ2) is 5.07. The van der Waals surface area contributed by atoms with Crippen LogP contribution in [0.25, 0.3) is 11.0 Å². The van der Waals surface area contributed by atoms with Crippen molar-refractivity contribution in [1.29, 1.82) is 0 Å². The molecule has 22 heavy (non-hydrogen) atoms. The fraction of sp³-hybridized carbons (Fsp3) is 0.588. The Labute approximate surface area is 130 Å². The minimum atomic E-state index is 0.171. The second-order valence-electron chi connectivity index (χ2n) is 7.09. The first-order valence-electron chi connectivity index (χ1n) is 8.26. The van der Waals surface area contributed by atoms with Crippen LogP contribution in [0.4, 0.5) is 5.69 Å². The minimum absolute atomic E-state index is 0.171. The zero-order chi connectivity index (χ0) is 15.3. The van der Waals surface area contributed by atoms with Gasteiger partial charge in [0.05, 0.1) is 18.1 Å². The molecule has 2 fully saturated rings. The first-order valence-corrected chi connectivity index (χ1v) is 8.26. The normalized spacial score (nSPS) is 27.0. The molecule has 2 aliphatic rings. The molecule has 1 N–H and O–H groups in total. The fourth-order valence-corrected chi connectivity index (χ4v) is 4.19. The number of pyridine rings is 1. The predicted molar refractivity (Wildman–Crippen MR) is 85.5 cm³/mol. The average Bonchev–Trinajstić information content (AvgIpc) is 3.21. The van der Waals surface area contributed by atoms with Gasteiger partial charge >= 0.3 is 0 Å². The molecule has 2 saturated carbocycles. The molecule has 2 aromatic heterocycles. The molecule has 5 heteroatoms. The highest BCUT2D eigenvalue weighted by Gasteiger charge is 2.43. The molecule has 3 atom stereocenters. The lowest BCUT2D eigenvalue weighted by molar-refractivity contribution is -0.121. The van der Waals surface area contributed by atoms with Crippen LogP contribution in [0.15, 0.2) is 18.5 Å². The van der Waals surface area contributed by atoms with E-state index in [2.05, 4.69) is 29.2 Å². The van der Waals surface area contributed by atoms with E-state index >= 15 is 0 Å². The van der Waals surface area contributed by atoms with E-state index < -0.39 is 0 Å². The lowest BCUT2D eigenvalue weighted by atomic mass is 9.88. The van der Waals surface area contributed by atoms with Gasteiger partial charge in [-0.15, -0.1) is 0 Å². The number of carbonyl (C=O) groups is 1. The van der Waals surface area contributed by atoms with Gasteiger partial charge in [0.25, 0.3) is 0 Å². The fourth-order valence-electron chi connectivity index (χ4n) is 4.19. The van der Waals surface area contributed by atoms with Crippen molar-refractivity contribution >= 4 is 22.6 Å². The Kier molecular flexibility index (Phi) is 3.17. The third kappa shape index (κ3) is 2.19. The molecule has 2 heterocycles. The number of hydrogen-bond donors (Lipinski definition) is 1. The Hall–Kier alpha value is -1.91. The summed E-state index contributed by atoms with van der Waals surface area (Å²) in [5, 5.41) is 8.40. The molecule has 5 nitrogen and oxygen atoms in total. The topological polar surface area (TPSA) is 59.8 Å². The largest absolute Gasteiger partial charge is 0.324 e. The number of nitrogens with one attached hydrogen (secondary N) is 1. The summed E-state index contributed by atoms with van der Waals surface area (Å²) < 4.78 is 1.90. The molecule has 4 rings (SSSR count). The Morgan fingerprint density at radius 3 is 2.86 bits per heavy atom. The molecule has 0 unspecified atom stereocenters. The van der Waals surface area contributed by atoms with E-state index in [1.807, 2.05) is 16.9 Å². The molecule has 116 valence electrons. The van der Waals surface area contributed by atoms with Crippen molar-refractivity contribution in [3.8, 4) is 0 Å². The zero-order valence-electron chi connectivity index (χ0n) is 13.1. The highest BCUT2D eigenvalue weighted by Crippen LogP contribution is 2.48. The molecule has 0 aliphatic heterocycles. The highest BCUT2D eigenvalue weighted by molar-refractivity contribution is 5.94. The molecule has 1 amide bonds. The summed E-state index contributed by atoms with van der Waals surface area (Å²) in [6, 6.07) is 2.25. The van der Waals surface area contributed by atoms with Crippen molar-refractivity contribution in [3.63, 3.8) is 0 Å². The third-order valence-corrected chi connectivity index (χ3v) is 5.26. The van der Waals surface area contributed by atoms with Gasteiger partial charge in [0.2, 0.25) is 5.91 Å². The zero-order valence-corrected chi connectivity index (χ0v) is 13.1. The molecule has 2 aliphatic carbocycles. The highest BCUT2D eigenvalue weighted by atomic mass is 16.1. The molecule has 0 spiro atoms. The standard InChI is InChI=1S/C17H22N4O/c1-10(2)21-16-13(8-19-21)7-14(9-18-16)20-17(22)15-6-11-3-4-12(15)5-11/h7-12,15H,3-6H2,1-2H3,(H,20,22)/t11-,12-,15+/m0/s1. The number of hydrogen-bond acceptors (Lipinski definition) is 3. The van der Waals surface area contributed by atoms with Gasteiger partial charge in [-0.05, 0) is 51.0 Å². The quantitative estimate of drug-likeness (QED) is 0.945. The average molecular weight is 298 g/mol. The van der Waals surface area contributed by atoms with Crippen LogP contribution < -0.4 is 5.32 Å². The van der Waals surface area contributed by atoms with Crippen molar-refractivity contribution in [3.05, 3.63) is 18.5 Å². The Morgan fingerprint density at radius 1 is 1.32 bits per heavy atom. The maximum absolute atomic E-state index is 12.5. The van der Waals surface area contributed by atoms with Gasteiger partial charge in [0, 0.05) is 17.3 Å². The van der Waals surface area contributed by atoms with Crippen LogP contribution in [0.1, 0.15) is 45.6 Å². The van der Waals surface area contributed by atoms with Crippen LogP contribution in [0, 0.1) is 17.8 Å². The summed E-state index contributed by atoms with van der Waals surface area (Å²) in [5.41, 5.74) is 1.65. The molecular formula is C17H22N4O. The summed E-state index contributed by atoms with van der Waals surface area (Å²) in [7, 11) is 0. The van der Waals surface area contributed by atoms with Gasteiger partial charge in [0.15, 0.2) is 5.65 Å². The maximum Gasteiger partial charge on any atom is 0.227 e. The predicted octanol–water partition coefficient (Wildman–Crippen LogP) is 3.39. The van der Waals surface area contributed by atoms with E-state index in [1.165, 1.54) is 19.3 Å². The van der Waals surface area contributed by atoms with Crippen LogP contribution in [-0.2, 0) is 4.79 Å². The third-order valence-electron chi connectivity index (χ3n) is 5.26. The molecule has 2 bridgehead atoms. The number of fused-ring (bicyclic) bond motifs is 3. The lowest BCUT2D eigenvalue weighted by Crippen LogP contribution is -2.27. The number of rotatable bonds is 3. The Bertz CT molecular complexity index is 721. The first kappa shape index (κ1) is 13.7. The van der Waals surface area contributed by atoms with Crippen molar-refractivity contribution in [2.24, 2.45) is 17.8 Å². The second-order valence-corrected chi connectivity index (χ2v) is 7.09. The van der Waals surface area contributed by atoms with Crippen LogP contribution >= 0.6 is 0 Å². The first-order chi connectivity index (χ1) is 10.6. The monoisotopic (exact) mass is 298 g/mol. The summed E-state index contributed by atoms with van der Waals surface area (Å²) in [6.45, 7) is 4.16. The molecule has 0 saturated heterocycles. The number of amides is 1. The van der Waals surface area contributed by atoms with Gasteiger partial charge in [-0.3, -0.25) is 4.79 Å². The molecule has 2 aromatic rings. The summed E-state index contributed by atoms with van der Waals surface area (Å²) >= 11 is 0. The Balaban J connectivity index is 1.53. The SMILES string of the molecule is CC(C)n1ncc2cc(NC(=O)[C@@H]3C[C@H]4CC[C@H]3C4)cnc21.